The fourth-order valence-corrected chi connectivity index (χ4v) is 1.22. The summed E-state index contributed by atoms with van der Waals surface area (Å²) in [5, 5.41) is 11.3. The van der Waals surface area contributed by atoms with Crippen molar-refractivity contribution in [3.8, 4) is 5.75 Å². The van der Waals surface area contributed by atoms with Gasteiger partial charge in [0.2, 0.25) is 0 Å². The average Bonchev–Trinajstić information content (AvgIpc) is 2.47. The van der Waals surface area contributed by atoms with Crippen molar-refractivity contribution in [2.24, 2.45) is 5.16 Å². The molecule has 0 radical (unpaired) electrons. The predicted octanol–water partition coefficient (Wildman–Crippen LogP) is 1.54. The summed E-state index contributed by atoms with van der Waals surface area (Å²) < 4.78 is 30.5. The molecule has 0 saturated carbocycles. The van der Waals surface area contributed by atoms with Gasteiger partial charge in [-0.1, -0.05) is 5.16 Å². The second-order valence-corrected chi connectivity index (χ2v) is 2.60. The van der Waals surface area contributed by atoms with Crippen LogP contribution in [0.15, 0.2) is 17.3 Å². The lowest BCUT2D eigenvalue weighted by Crippen LogP contribution is -2.01. The molecule has 0 unspecified atom stereocenters. The molecule has 2 rings (SSSR count). The lowest BCUT2D eigenvalue weighted by molar-refractivity contribution is 0.312. The van der Waals surface area contributed by atoms with Crippen LogP contribution < -0.4 is 4.74 Å². The molecule has 0 bridgehead atoms. The molecule has 1 aliphatic rings. The Hall–Kier alpha value is -1.65. The third-order valence-corrected chi connectivity index (χ3v) is 1.79. The smallest absolute Gasteiger partial charge is 0.168 e. The van der Waals surface area contributed by atoms with Crippen molar-refractivity contribution in [2.45, 2.75) is 0 Å². The Labute approximate surface area is 72.2 Å². The Morgan fingerprint density at radius 2 is 2.15 bits per heavy atom. The van der Waals surface area contributed by atoms with Gasteiger partial charge in [0.15, 0.2) is 11.6 Å². The fourth-order valence-electron chi connectivity index (χ4n) is 1.22. The van der Waals surface area contributed by atoms with Crippen molar-refractivity contribution >= 4 is 5.71 Å². The molecule has 1 heterocycles. The van der Waals surface area contributed by atoms with Crippen LogP contribution in [0.3, 0.4) is 0 Å². The van der Waals surface area contributed by atoms with Gasteiger partial charge in [-0.05, 0) is 6.07 Å². The quantitative estimate of drug-likeness (QED) is 0.492. The van der Waals surface area contributed by atoms with Crippen molar-refractivity contribution in [3.63, 3.8) is 0 Å². The van der Waals surface area contributed by atoms with Gasteiger partial charge in [-0.25, -0.2) is 8.78 Å². The van der Waals surface area contributed by atoms with E-state index >= 15 is 0 Å². The molecular weight excluding hydrogens is 180 g/mol. The first kappa shape index (κ1) is 7.97. The monoisotopic (exact) mass is 185 g/mol. The second-order valence-electron chi connectivity index (χ2n) is 2.60. The molecule has 13 heavy (non-hydrogen) atoms. The van der Waals surface area contributed by atoms with Crippen molar-refractivity contribution in [1.29, 1.82) is 0 Å². The number of hydrogen-bond acceptors (Lipinski definition) is 3. The first-order chi connectivity index (χ1) is 6.22. The van der Waals surface area contributed by atoms with Crippen LogP contribution in [0, 0.1) is 11.6 Å². The highest BCUT2D eigenvalue weighted by Crippen LogP contribution is 2.29. The maximum atomic E-state index is 13.0. The fraction of sp³-hybridized carbons (Fsp3) is 0.125. The minimum atomic E-state index is -0.784. The van der Waals surface area contributed by atoms with E-state index in [-0.39, 0.29) is 23.6 Å². The number of hydrogen-bond donors (Lipinski definition) is 1. The zero-order valence-electron chi connectivity index (χ0n) is 6.42. The van der Waals surface area contributed by atoms with E-state index in [9.17, 15) is 8.78 Å². The lowest BCUT2D eigenvalue weighted by Gasteiger charge is -1.98. The number of ether oxygens (including phenoxy) is 1. The summed E-state index contributed by atoms with van der Waals surface area (Å²) in [5.41, 5.74) is 0.299. The maximum absolute atomic E-state index is 13.0. The molecule has 1 aliphatic heterocycles. The Kier molecular flexibility index (Phi) is 1.65. The molecule has 0 amide bonds. The van der Waals surface area contributed by atoms with E-state index in [0.717, 1.165) is 12.1 Å². The van der Waals surface area contributed by atoms with E-state index in [1.807, 2.05) is 0 Å². The average molecular weight is 185 g/mol. The Bertz CT molecular complexity index is 390. The van der Waals surface area contributed by atoms with Crippen molar-refractivity contribution < 1.29 is 18.7 Å². The highest BCUT2D eigenvalue weighted by Gasteiger charge is 2.24. The second kappa shape index (κ2) is 2.69. The number of nitrogens with zero attached hydrogens (tertiary/aromatic N) is 1. The summed E-state index contributed by atoms with van der Waals surface area (Å²) >= 11 is 0. The van der Waals surface area contributed by atoms with E-state index in [1.165, 1.54) is 0 Å². The molecule has 0 fully saturated rings. The number of fused-ring (bicyclic) bond motifs is 1. The summed E-state index contributed by atoms with van der Waals surface area (Å²) in [6.07, 6.45) is 0. The maximum Gasteiger partial charge on any atom is 0.168 e. The van der Waals surface area contributed by atoms with Crippen LogP contribution in [0.5, 0.6) is 5.75 Å². The van der Waals surface area contributed by atoms with Gasteiger partial charge in [-0.15, -0.1) is 0 Å². The minimum Gasteiger partial charge on any atom is -0.483 e. The first-order valence-electron chi connectivity index (χ1n) is 3.55. The highest BCUT2D eigenvalue weighted by atomic mass is 19.1. The van der Waals surface area contributed by atoms with Crippen molar-refractivity contribution in [3.05, 3.63) is 29.3 Å². The van der Waals surface area contributed by atoms with Gasteiger partial charge in [0.25, 0.3) is 0 Å². The van der Waals surface area contributed by atoms with Crippen LogP contribution in [-0.2, 0) is 0 Å². The Balaban J connectivity index is 2.64. The molecule has 0 spiro atoms. The predicted molar refractivity (Wildman–Crippen MR) is 40.2 cm³/mol. The molecule has 0 saturated heterocycles. The number of halogens is 2. The first-order valence-corrected chi connectivity index (χ1v) is 3.55. The largest absolute Gasteiger partial charge is 0.483 e. The normalized spacial score (nSPS) is 17.2. The van der Waals surface area contributed by atoms with Crippen LogP contribution >= 0.6 is 0 Å². The Morgan fingerprint density at radius 1 is 1.38 bits per heavy atom. The van der Waals surface area contributed by atoms with E-state index < -0.39 is 11.6 Å². The molecule has 0 aliphatic carbocycles. The molecule has 0 atom stereocenters. The van der Waals surface area contributed by atoms with Gasteiger partial charge in [-0.3, -0.25) is 0 Å². The summed E-state index contributed by atoms with van der Waals surface area (Å²) in [6.45, 7) is -0.0355. The third kappa shape index (κ3) is 1.12. The molecule has 1 N–H and O–H groups in total. The van der Waals surface area contributed by atoms with E-state index in [4.69, 9.17) is 9.94 Å². The standard InChI is InChI=1S/C8H5F2NO2/c9-4-1-5-7(11-12)3-13-8(5)6(10)2-4/h1-2,12H,3H2/b11-7+. The summed E-state index contributed by atoms with van der Waals surface area (Å²) in [5.74, 6) is -1.56. The molecular formula is C8H5F2NO2. The van der Waals surface area contributed by atoms with Crippen molar-refractivity contribution in [2.75, 3.05) is 6.61 Å². The van der Waals surface area contributed by atoms with E-state index in [1.54, 1.807) is 0 Å². The zero-order valence-corrected chi connectivity index (χ0v) is 6.42. The number of oxime groups is 1. The summed E-state index contributed by atoms with van der Waals surface area (Å²) in [6, 6.07) is 1.79. The van der Waals surface area contributed by atoms with Gasteiger partial charge < -0.3 is 9.94 Å². The Morgan fingerprint density at radius 3 is 2.85 bits per heavy atom. The van der Waals surface area contributed by atoms with Gasteiger partial charge >= 0.3 is 0 Å². The number of rotatable bonds is 0. The number of benzene rings is 1. The van der Waals surface area contributed by atoms with Crippen LogP contribution in [0.4, 0.5) is 8.78 Å². The topological polar surface area (TPSA) is 41.8 Å². The van der Waals surface area contributed by atoms with E-state index in [0.29, 0.717) is 0 Å². The zero-order chi connectivity index (χ0) is 9.42. The molecule has 68 valence electrons. The molecule has 1 aromatic carbocycles. The third-order valence-electron chi connectivity index (χ3n) is 1.79. The molecule has 1 aromatic rings. The SMILES string of the molecule is O/N=C1\COc2c(F)cc(F)cc21. The van der Waals surface area contributed by atoms with Crippen LogP contribution in [0.25, 0.3) is 0 Å². The van der Waals surface area contributed by atoms with Crippen LogP contribution in [-0.4, -0.2) is 17.5 Å². The van der Waals surface area contributed by atoms with Gasteiger partial charge in [0.05, 0.1) is 5.56 Å². The van der Waals surface area contributed by atoms with E-state index in [2.05, 4.69) is 5.16 Å². The molecule has 0 aromatic heterocycles. The summed E-state index contributed by atoms with van der Waals surface area (Å²) in [7, 11) is 0. The van der Waals surface area contributed by atoms with Crippen molar-refractivity contribution in [1.82, 2.24) is 0 Å². The van der Waals surface area contributed by atoms with Gasteiger partial charge in [-0.2, -0.15) is 0 Å². The van der Waals surface area contributed by atoms with Crippen LogP contribution in [0.2, 0.25) is 0 Å². The molecule has 5 heteroatoms. The highest BCUT2D eigenvalue weighted by molar-refractivity contribution is 6.05. The van der Waals surface area contributed by atoms with Gasteiger partial charge in [0.1, 0.15) is 18.1 Å². The van der Waals surface area contributed by atoms with Crippen LogP contribution in [0.1, 0.15) is 5.56 Å². The van der Waals surface area contributed by atoms with Gasteiger partial charge in [0, 0.05) is 6.07 Å². The summed E-state index contributed by atoms with van der Waals surface area (Å²) in [4.78, 5) is 0. The molecule has 3 nitrogen and oxygen atoms in total. The minimum absolute atomic E-state index is 0.0355. The lowest BCUT2D eigenvalue weighted by atomic mass is 10.1.